The highest BCUT2D eigenvalue weighted by molar-refractivity contribution is 5.49. The highest BCUT2D eigenvalue weighted by Crippen LogP contribution is 2.30. The highest BCUT2D eigenvalue weighted by Gasteiger charge is 2.20. The lowest BCUT2D eigenvalue weighted by Crippen LogP contribution is -2.10. The second-order valence-corrected chi connectivity index (χ2v) is 4.79. The molecule has 0 bridgehead atoms. The van der Waals surface area contributed by atoms with Gasteiger partial charge in [-0.15, -0.1) is 5.10 Å². The Morgan fingerprint density at radius 2 is 2.14 bits per heavy atom. The van der Waals surface area contributed by atoms with E-state index in [9.17, 15) is 10.1 Å². The molecule has 1 heterocycles. The summed E-state index contributed by atoms with van der Waals surface area (Å²) in [6.07, 6.45) is 1.65. The zero-order chi connectivity index (χ0) is 15.4. The normalized spacial score (nSPS) is 10.7. The maximum Gasteiger partial charge on any atom is 0.279 e. The van der Waals surface area contributed by atoms with Gasteiger partial charge in [0.1, 0.15) is 17.9 Å². The van der Waals surface area contributed by atoms with Crippen molar-refractivity contribution in [3.8, 4) is 11.6 Å². The van der Waals surface area contributed by atoms with Crippen molar-refractivity contribution in [3.63, 3.8) is 0 Å². The minimum atomic E-state index is -0.440. The minimum Gasteiger partial charge on any atom is -0.490 e. The fourth-order valence-corrected chi connectivity index (χ4v) is 1.85. The second-order valence-electron chi connectivity index (χ2n) is 4.79. The molecule has 0 aliphatic carbocycles. The molecule has 0 fully saturated rings. The van der Waals surface area contributed by atoms with Crippen molar-refractivity contribution < 1.29 is 14.4 Å². The number of nitro benzene ring substituents is 1. The summed E-state index contributed by atoms with van der Waals surface area (Å²) in [6, 6.07) is 6.42. The van der Waals surface area contributed by atoms with E-state index in [1.165, 1.54) is 6.07 Å². The van der Waals surface area contributed by atoms with Crippen molar-refractivity contribution >= 4 is 5.69 Å². The van der Waals surface area contributed by atoms with Gasteiger partial charge in [-0.3, -0.25) is 14.8 Å². The Bertz CT molecular complexity index is 637. The van der Waals surface area contributed by atoms with Gasteiger partial charge in [0, 0.05) is 25.4 Å². The zero-order valence-electron chi connectivity index (χ0n) is 12.1. The van der Waals surface area contributed by atoms with Gasteiger partial charge < -0.3 is 9.47 Å². The van der Waals surface area contributed by atoms with Gasteiger partial charge in [-0.05, 0) is 19.9 Å². The van der Waals surface area contributed by atoms with Gasteiger partial charge in [0.15, 0.2) is 0 Å². The number of hydrogen-bond donors (Lipinski definition) is 0. The standard InChI is InChI=1S/C14H17N3O4/c1-10(2)21-13-6-4-5-12(17(18)19)11(13)9-20-14-7-8-16(3)15-14/h4-8,10H,9H2,1-3H3. The first-order valence-corrected chi connectivity index (χ1v) is 6.52. The molecule has 0 radical (unpaired) electrons. The van der Waals surface area contributed by atoms with Crippen LogP contribution in [0.5, 0.6) is 11.6 Å². The average Bonchev–Trinajstić information content (AvgIpc) is 2.82. The minimum absolute atomic E-state index is 0.0240. The SMILES string of the molecule is CC(C)Oc1cccc([N+](=O)[O-])c1COc1ccn(C)n1. The van der Waals surface area contributed by atoms with E-state index in [-0.39, 0.29) is 18.4 Å². The molecule has 0 spiro atoms. The van der Waals surface area contributed by atoms with Gasteiger partial charge >= 0.3 is 0 Å². The van der Waals surface area contributed by atoms with Crippen LogP contribution in [0.4, 0.5) is 5.69 Å². The maximum atomic E-state index is 11.1. The fourth-order valence-electron chi connectivity index (χ4n) is 1.85. The van der Waals surface area contributed by atoms with E-state index in [1.807, 2.05) is 13.8 Å². The third-order valence-electron chi connectivity index (χ3n) is 2.72. The molecule has 0 aliphatic heterocycles. The Morgan fingerprint density at radius 1 is 1.38 bits per heavy atom. The van der Waals surface area contributed by atoms with E-state index >= 15 is 0 Å². The molecule has 2 aromatic rings. The van der Waals surface area contributed by atoms with Crippen molar-refractivity contribution in [2.24, 2.45) is 7.05 Å². The van der Waals surface area contributed by atoms with Gasteiger partial charge in [-0.2, -0.15) is 0 Å². The molecule has 0 N–H and O–H groups in total. The maximum absolute atomic E-state index is 11.1. The van der Waals surface area contributed by atoms with Crippen LogP contribution in [0, 0.1) is 10.1 Å². The van der Waals surface area contributed by atoms with E-state index in [4.69, 9.17) is 9.47 Å². The van der Waals surface area contributed by atoms with Crippen LogP contribution in [-0.4, -0.2) is 20.8 Å². The van der Waals surface area contributed by atoms with Crippen LogP contribution in [0.3, 0.4) is 0 Å². The van der Waals surface area contributed by atoms with Crippen LogP contribution in [0.25, 0.3) is 0 Å². The largest absolute Gasteiger partial charge is 0.490 e. The molecule has 0 amide bonds. The van der Waals surface area contributed by atoms with Crippen LogP contribution in [0.2, 0.25) is 0 Å². The Kier molecular flexibility index (Phi) is 4.42. The molecule has 0 atom stereocenters. The van der Waals surface area contributed by atoms with Gasteiger partial charge in [0.05, 0.1) is 11.0 Å². The van der Waals surface area contributed by atoms with Crippen LogP contribution >= 0.6 is 0 Å². The number of benzene rings is 1. The first-order chi connectivity index (χ1) is 9.97. The average molecular weight is 291 g/mol. The number of rotatable bonds is 6. The molecular formula is C14H17N3O4. The fraction of sp³-hybridized carbons (Fsp3) is 0.357. The first kappa shape index (κ1) is 14.8. The molecule has 7 nitrogen and oxygen atoms in total. The molecule has 0 aliphatic rings. The van der Waals surface area contributed by atoms with Crippen molar-refractivity contribution in [2.75, 3.05) is 0 Å². The summed E-state index contributed by atoms with van der Waals surface area (Å²) in [5.74, 6) is 0.862. The lowest BCUT2D eigenvalue weighted by molar-refractivity contribution is -0.385. The summed E-state index contributed by atoms with van der Waals surface area (Å²) in [6.45, 7) is 3.75. The molecule has 1 aromatic carbocycles. The van der Waals surface area contributed by atoms with Crippen LogP contribution in [0.1, 0.15) is 19.4 Å². The third-order valence-corrected chi connectivity index (χ3v) is 2.72. The summed E-state index contributed by atoms with van der Waals surface area (Å²) in [4.78, 5) is 10.7. The lowest BCUT2D eigenvalue weighted by atomic mass is 10.1. The molecule has 2 rings (SSSR count). The molecule has 7 heteroatoms. The predicted molar refractivity (Wildman–Crippen MR) is 76.4 cm³/mol. The van der Waals surface area contributed by atoms with Crippen molar-refractivity contribution in [2.45, 2.75) is 26.6 Å². The summed E-state index contributed by atoms with van der Waals surface area (Å²) in [5, 5.41) is 15.2. The van der Waals surface area contributed by atoms with Gasteiger partial charge in [0.2, 0.25) is 5.88 Å². The number of nitro groups is 1. The third kappa shape index (κ3) is 3.71. The first-order valence-electron chi connectivity index (χ1n) is 6.52. The Hall–Kier alpha value is -2.57. The zero-order valence-corrected chi connectivity index (χ0v) is 12.1. The van der Waals surface area contributed by atoms with E-state index < -0.39 is 4.92 Å². The van der Waals surface area contributed by atoms with Crippen molar-refractivity contribution in [1.29, 1.82) is 0 Å². The summed E-state index contributed by atoms with van der Waals surface area (Å²) < 4.78 is 12.7. The molecular weight excluding hydrogens is 274 g/mol. The topological polar surface area (TPSA) is 79.4 Å². The van der Waals surface area contributed by atoms with E-state index in [1.54, 1.807) is 36.1 Å². The van der Waals surface area contributed by atoms with Crippen LogP contribution in [0.15, 0.2) is 30.5 Å². The lowest BCUT2D eigenvalue weighted by Gasteiger charge is -2.14. The van der Waals surface area contributed by atoms with E-state index in [2.05, 4.69) is 5.10 Å². The second kappa shape index (κ2) is 6.25. The Balaban J connectivity index is 2.27. The Morgan fingerprint density at radius 3 is 2.71 bits per heavy atom. The molecule has 112 valence electrons. The quantitative estimate of drug-likeness (QED) is 0.604. The van der Waals surface area contributed by atoms with Crippen molar-refractivity contribution in [3.05, 3.63) is 46.1 Å². The Labute approximate surface area is 122 Å². The van der Waals surface area contributed by atoms with Crippen molar-refractivity contribution in [1.82, 2.24) is 9.78 Å². The number of aromatic nitrogens is 2. The smallest absolute Gasteiger partial charge is 0.279 e. The number of hydrogen-bond acceptors (Lipinski definition) is 5. The summed E-state index contributed by atoms with van der Waals surface area (Å²) in [7, 11) is 1.77. The molecule has 21 heavy (non-hydrogen) atoms. The van der Waals surface area contributed by atoms with Crippen LogP contribution < -0.4 is 9.47 Å². The van der Waals surface area contributed by atoms with Gasteiger partial charge in [-0.25, -0.2) is 0 Å². The van der Waals surface area contributed by atoms with Gasteiger partial charge in [0.25, 0.3) is 5.69 Å². The number of nitrogens with zero attached hydrogens (tertiary/aromatic N) is 3. The predicted octanol–water partition coefficient (Wildman–Crippen LogP) is 2.69. The van der Waals surface area contributed by atoms with Gasteiger partial charge in [-0.1, -0.05) is 6.07 Å². The van der Waals surface area contributed by atoms with E-state index in [0.717, 1.165) is 0 Å². The monoisotopic (exact) mass is 291 g/mol. The molecule has 0 saturated heterocycles. The number of ether oxygens (including phenoxy) is 2. The number of aryl methyl sites for hydroxylation is 1. The highest BCUT2D eigenvalue weighted by atomic mass is 16.6. The molecule has 0 unspecified atom stereocenters. The molecule has 0 saturated carbocycles. The van der Waals surface area contributed by atoms with Crippen LogP contribution in [-0.2, 0) is 13.7 Å². The summed E-state index contributed by atoms with van der Waals surface area (Å²) >= 11 is 0. The molecule has 1 aromatic heterocycles. The van der Waals surface area contributed by atoms with E-state index in [0.29, 0.717) is 17.2 Å². The summed E-state index contributed by atoms with van der Waals surface area (Å²) in [5.41, 5.74) is 0.380.